The molecule has 0 bridgehead atoms. The summed E-state index contributed by atoms with van der Waals surface area (Å²) in [4.78, 5) is 21.6. The summed E-state index contributed by atoms with van der Waals surface area (Å²) >= 11 is 0. The van der Waals surface area contributed by atoms with Crippen molar-refractivity contribution >= 4 is 17.8 Å². The molecule has 0 saturated carbocycles. The monoisotopic (exact) mass is 230 g/mol. The second-order valence-corrected chi connectivity index (χ2v) is 3.95. The number of benzene rings is 1. The minimum atomic E-state index is -0.181. The maximum absolute atomic E-state index is 11.1. The third-order valence-electron chi connectivity index (χ3n) is 2.76. The molecule has 3 nitrogen and oxygen atoms in total. The Morgan fingerprint density at radius 1 is 1.24 bits per heavy atom. The van der Waals surface area contributed by atoms with E-state index in [9.17, 15) is 9.59 Å². The van der Waals surface area contributed by atoms with E-state index in [2.05, 4.69) is 0 Å². The molecule has 0 aliphatic carbocycles. The van der Waals surface area contributed by atoms with Crippen molar-refractivity contribution in [3.63, 3.8) is 0 Å². The summed E-state index contributed by atoms with van der Waals surface area (Å²) in [5.41, 5.74) is 2.00. The molecule has 2 rings (SSSR count). The van der Waals surface area contributed by atoms with E-state index in [-0.39, 0.29) is 5.97 Å². The molecule has 0 atom stereocenters. The Labute approximate surface area is 100 Å². The summed E-state index contributed by atoms with van der Waals surface area (Å²) in [7, 11) is 0. The van der Waals surface area contributed by atoms with Crippen LogP contribution in [-0.4, -0.2) is 12.3 Å². The van der Waals surface area contributed by atoms with Crippen LogP contribution in [0, 0.1) is 0 Å². The van der Waals surface area contributed by atoms with Crippen molar-refractivity contribution in [3.8, 4) is 0 Å². The first-order valence-corrected chi connectivity index (χ1v) is 5.73. The highest BCUT2D eigenvalue weighted by Gasteiger charge is 2.21. The summed E-state index contributed by atoms with van der Waals surface area (Å²) in [6.07, 6.45) is 3.04. The molecule has 0 unspecified atom stereocenters. The van der Waals surface area contributed by atoms with Gasteiger partial charge in [0.2, 0.25) is 0 Å². The van der Waals surface area contributed by atoms with Gasteiger partial charge < -0.3 is 9.53 Å². The minimum absolute atomic E-state index is 0.181. The van der Waals surface area contributed by atoms with E-state index in [1.807, 2.05) is 30.3 Å². The van der Waals surface area contributed by atoms with E-state index in [0.29, 0.717) is 25.7 Å². The highest BCUT2D eigenvalue weighted by molar-refractivity contribution is 5.79. The first-order chi connectivity index (χ1) is 8.31. The van der Waals surface area contributed by atoms with Gasteiger partial charge in [-0.25, -0.2) is 0 Å². The molecule has 1 heterocycles. The predicted molar refractivity (Wildman–Crippen MR) is 64.0 cm³/mol. The normalized spacial score (nSPS) is 17.8. The Morgan fingerprint density at radius 2 is 2.00 bits per heavy atom. The SMILES string of the molecule is O=CCC/C(=C1/CCC(=O)O1)c1ccccc1. The molecule has 0 amide bonds. The molecular formula is C14H14O3. The Balaban J connectivity index is 2.31. The van der Waals surface area contributed by atoms with Gasteiger partial charge in [-0.15, -0.1) is 0 Å². The number of cyclic esters (lactones) is 1. The average Bonchev–Trinajstić information content (AvgIpc) is 2.78. The van der Waals surface area contributed by atoms with E-state index in [0.717, 1.165) is 23.2 Å². The molecule has 1 fully saturated rings. The van der Waals surface area contributed by atoms with Crippen LogP contribution in [0.25, 0.3) is 5.57 Å². The van der Waals surface area contributed by atoms with Crippen LogP contribution in [0.15, 0.2) is 36.1 Å². The summed E-state index contributed by atoms with van der Waals surface area (Å²) in [5.74, 6) is 0.544. The minimum Gasteiger partial charge on any atom is -0.431 e. The lowest BCUT2D eigenvalue weighted by atomic mass is 9.99. The largest absolute Gasteiger partial charge is 0.431 e. The van der Waals surface area contributed by atoms with E-state index in [4.69, 9.17) is 4.74 Å². The van der Waals surface area contributed by atoms with Gasteiger partial charge in [0, 0.05) is 12.8 Å². The molecule has 88 valence electrons. The molecule has 0 spiro atoms. The zero-order valence-corrected chi connectivity index (χ0v) is 9.52. The highest BCUT2D eigenvalue weighted by Crippen LogP contribution is 2.30. The van der Waals surface area contributed by atoms with Gasteiger partial charge in [0.05, 0.1) is 6.42 Å². The van der Waals surface area contributed by atoms with E-state index >= 15 is 0 Å². The predicted octanol–water partition coefficient (Wildman–Crippen LogP) is 2.71. The van der Waals surface area contributed by atoms with E-state index < -0.39 is 0 Å². The number of esters is 1. The van der Waals surface area contributed by atoms with Crippen LogP contribution in [0.4, 0.5) is 0 Å². The van der Waals surface area contributed by atoms with Gasteiger partial charge in [0.15, 0.2) is 0 Å². The quantitative estimate of drug-likeness (QED) is 0.590. The Bertz CT molecular complexity index is 446. The summed E-state index contributed by atoms with van der Waals surface area (Å²) < 4.78 is 5.20. The second kappa shape index (κ2) is 5.43. The van der Waals surface area contributed by atoms with Crippen molar-refractivity contribution in [2.24, 2.45) is 0 Å². The zero-order chi connectivity index (χ0) is 12.1. The van der Waals surface area contributed by atoms with Crippen molar-refractivity contribution in [1.82, 2.24) is 0 Å². The Kier molecular flexibility index (Phi) is 3.70. The lowest BCUT2D eigenvalue weighted by Crippen LogP contribution is -1.95. The number of ether oxygens (including phenoxy) is 1. The van der Waals surface area contributed by atoms with Gasteiger partial charge in [-0.2, -0.15) is 0 Å². The first-order valence-electron chi connectivity index (χ1n) is 5.73. The number of allylic oxidation sites excluding steroid dienone is 2. The highest BCUT2D eigenvalue weighted by atomic mass is 16.5. The van der Waals surface area contributed by atoms with Gasteiger partial charge in [-0.05, 0) is 17.6 Å². The second-order valence-electron chi connectivity index (χ2n) is 3.95. The van der Waals surface area contributed by atoms with Crippen molar-refractivity contribution in [3.05, 3.63) is 41.7 Å². The van der Waals surface area contributed by atoms with Crippen LogP contribution in [-0.2, 0) is 14.3 Å². The first kappa shape index (κ1) is 11.6. The standard InChI is InChI=1S/C14H14O3/c15-10-4-7-12(11-5-2-1-3-6-11)13-8-9-14(16)17-13/h1-3,5-6,10H,4,7-9H2/b13-12+. The van der Waals surface area contributed by atoms with Crippen LogP contribution in [0.5, 0.6) is 0 Å². The molecule has 0 N–H and O–H groups in total. The van der Waals surface area contributed by atoms with Crippen LogP contribution in [0.2, 0.25) is 0 Å². The summed E-state index contributed by atoms with van der Waals surface area (Å²) in [6, 6.07) is 9.76. The molecule has 0 radical (unpaired) electrons. The van der Waals surface area contributed by atoms with E-state index in [1.165, 1.54) is 0 Å². The number of rotatable bonds is 4. The van der Waals surface area contributed by atoms with Crippen molar-refractivity contribution < 1.29 is 14.3 Å². The van der Waals surface area contributed by atoms with Crippen molar-refractivity contribution in [2.75, 3.05) is 0 Å². The van der Waals surface area contributed by atoms with Gasteiger partial charge in [0.1, 0.15) is 12.0 Å². The molecule has 1 aromatic rings. The third kappa shape index (κ3) is 2.81. The number of carbonyl (C=O) groups is 2. The zero-order valence-electron chi connectivity index (χ0n) is 9.52. The number of hydrogen-bond donors (Lipinski definition) is 0. The summed E-state index contributed by atoms with van der Waals surface area (Å²) in [6.45, 7) is 0. The number of hydrogen-bond acceptors (Lipinski definition) is 3. The van der Waals surface area contributed by atoms with Crippen LogP contribution < -0.4 is 0 Å². The molecule has 1 saturated heterocycles. The Morgan fingerprint density at radius 3 is 2.59 bits per heavy atom. The smallest absolute Gasteiger partial charge is 0.311 e. The van der Waals surface area contributed by atoms with Crippen molar-refractivity contribution in [2.45, 2.75) is 25.7 Å². The number of aldehydes is 1. The maximum atomic E-state index is 11.1. The third-order valence-corrected chi connectivity index (χ3v) is 2.76. The summed E-state index contributed by atoms with van der Waals surface area (Å²) in [5, 5.41) is 0. The molecule has 0 aromatic heterocycles. The molecule has 17 heavy (non-hydrogen) atoms. The topological polar surface area (TPSA) is 43.4 Å². The fraction of sp³-hybridized carbons (Fsp3) is 0.286. The lowest BCUT2D eigenvalue weighted by molar-refractivity contribution is -0.135. The molecule has 1 aliphatic heterocycles. The number of carbonyl (C=O) groups excluding carboxylic acids is 2. The van der Waals surface area contributed by atoms with Gasteiger partial charge in [-0.1, -0.05) is 30.3 Å². The van der Waals surface area contributed by atoms with E-state index in [1.54, 1.807) is 0 Å². The molecule has 1 aromatic carbocycles. The average molecular weight is 230 g/mol. The van der Waals surface area contributed by atoms with Crippen molar-refractivity contribution in [1.29, 1.82) is 0 Å². The fourth-order valence-corrected chi connectivity index (χ4v) is 1.95. The van der Waals surface area contributed by atoms with Crippen LogP contribution in [0.3, 0.4) is 0 Å². The molecule has 3 heteroatoms. The lowest BCUT2D eigenvalue weighted by Gasteiger charge is -2.09. The van der Waals surface area contributed by atoms with Crippen LogP contribution in [0.1, 0.15) is 31.2 Å². The maximum Gasteiger partial charge on any atom is 0.311 e. The molecular weight excluding hydrogens is 216 g/mol. The van der Waals surface area contributed by atoms with Gasteiger partial charge in [0.25, 0.3) is 0 Å². The Hall–Kier alpha value is -1.90. The fourth-order valence-electron chi connectivity index (χ4n) is 1.95. The van der Waals surface area contributed by atoms with Gasteiger partial charge in [-0.3, -0.25) is 4.79 Å². The van der Waals surface area contributed by atoms with Crippen LogP contribution >= 0.6 is 0 Å². The molecule has 1 aliphatic rings. The van der Waals surface area contributed by atoms with Gasteiger partial charge >= 0.3 is 5.97 Å².